The topological polar surface area (TPSA) is 82.7 Å². The van der Waals surface area contributed by atoms with E-state index in [1.54, 1.807) is 20.8 Å². The lowest BCUT2D eigenvalue weighted by atomic mass is 9.96. The standard InChI is InChI=1S/C27H34ClF3N4O3/c1-26(2,3)38-25(37)34-22-9-6-20(27(29,30)31)14-23(22)32-16-24(36)33-15-18-10-12-35(13-11-18)17-19-4-7-21(28)8-5-19/h4-9,14,18,32H,10-13,15-17H2,1-3H3,(H,33,36)(H,34,37). The van der Waals surface area contributed by atoms with Crippen LogP contribution in [0.5, 0.6) is 0 Å². The second-order valence-electron chi connectivity index (χ2n) is 10.4. The van der Waals surface area contributed by atoms with Crippen molar-refractivity contribution in [2.75, 3.05) is 36.8 Å². The highest BCUT2D eigenvalue weighted by Crippen LogP contribution is 2.34. The van der Waals surface area contributed by atoms with E-state index in [9.17, 15) is 22.8 Å². The number of carbonyl (C=O) groups excluding carboxylic acids is 2. The SMILES string of the molecule is CC(C)(C)OC(=O)Nc1ccc(C(F)(F)F)cc1NCC(=O)NCC1CCN(Cc2ccc(Cl)cc2)CC1. The third-order valence-corrected chi connectivity index (χ3v) is 6.29. The van der Waals surface area contributed by atoms with E-state index < -0.39 is 23.4 Å². The predicted octanol–water partition coefficient (Wildman–Crippen LogP) is 6.15. The molecule has 0 bridgehead atoms. The maximum Gasteiger partial charge on any atom is 0.416 e. The summed E-state index contributed by atoms with van der Waals surface area (Å²) in [4.78, 5) is 27.0. The van der Waals surface area contributed by atoms with Crippen molar-refractivity contribution >= 4 is 35.0 Å². The van der Waals surface area contributed by atoms with Crippen molar-refractivity contribution < 1.29 is 27.5 Å². The number of nitrogens with zero attached hydrogens (tertiary/aromatic N) is 1. The number of likely N-dealkylation sites (tertiary alicyclic amines) is 1. The summed E-state index contributed by atoms with van der Waals surface area (Å²) in [5.74, 6) is -0.0346. The van der Waals surface area contributed by atoms with Gasteiger partial charge in [-0.25, -0.2) is 4.79 Å². The minimum atomic E-state index is -4.58. The van der Waals surface area contributed by atoms with Crippen LogP contribution in [0.2, 0.25) is 5.02 Å². The molecule has 0 unspecified atom stereocenters. The van der Waals surface area contributed by atoms with Crippen molar-refractivity contribution in [3.05, 3.63) is 58.6 Å². The first kappa shape index (κ1) is 29.6. The van der Waals surface area contributed by atoms with Gasteiger partial charge in [-0.05, 0) is 88.5 Å². The Labute approximate surface area is 226 Å². The van der Waals surface area contributed by atoms with Gasteiger partial charge in [0.2, 0.25) is 5.91 Å². The summed E-state index contributed by atoms with van der Waals surface area (Å²) in [7, 11) is 0. The highest BCUT2D eigenvalue weighted by molar-refractivity contribution is 6.30. The Bertz CT molecular complexity index is 1100. The van der Waals surface area contributed by atoms with Crippen molar-refractivity contribution in [3.8, 4) is 0 Å². The molecule has 11 heteroatoms. The normalized spacial score (nSPS) is 15.1. The summed E-state index contributed by atoms with van der Waals surface area (Å²) in [5, 5.41) is 8.73. The lowest BCUT2D eigenvalue weighted by Gasteiger charge is -2.32. The number of rotatable bonds is 8. The highest BCUT2D eigenvalue weighted by Gasteiger charge is 2.31. The van der Waals surface area contributed by atoms with Gasteiger partial charge in [-0.1, -0.05) is 23.7 Å². The highest BCUT2D eigenvalue weighted by atomic mass is 35.5. The number of benzene rings is 2. The van der Waals surface area contributed by atoms with Crippen LogP contribution < -0.4 is 16.0 Å². The summed E-state index contributed by atoms with van der Waals surface area (Å²) in [6.07, 6.45) is -3.53. The van der Waals surface area contributed by atoms with Gasteiger partial charge in [0.05, 0.1) is 23.5 Å². The molecule has 1 aliphatic heterocycles. The van der Waals surface area contributed by atoms with E-state index in [1.165, 1.54) is 5.56 Å². The third-order valence-electron chi connectivity index (χ3n) is 6.04. The number of carbonyl (C=O) groups is 2. The van der Waals surface area contributed by atoms with E-state index in [2.05, 4.69) is 20.9 Å². The monoisotopic (exact) mass is 554 g/mol. The molecule has 7 nitrogen and oxygen atoms in total. The molecule has 0 saturated carbocycles. The molecule has 0 radical (unpaired) electrons. The minimum Gasteiger partial charge on any atom is -0.444 e. The zero-order valence-corrected chi connectivity index (χ0v) is 22.5. The van der Waals surface area contributed by atoms with Gasteiger partial charge in [-0.3, -0.25) is 15.0 Å². The summed E-state index contributed by atoms with van der Waals surface area (Å²) in [6, 6.07) is 10.6. The molecular formula is C27H34ClF3N4O3. The second kappa shape index (κ2) is 12.7. The van der Waals surface area contributed by atoms with Gasteiger partial charge in [-0.15, -0.1) is 0 Å². The molecule has 208 valence electrons. The Kier molecular flexibility index (Phi) is 9.89. The Hall–Kier alpha value is -2.98. The largest absolute Gasteiger partial charge is 0.444 e. The van der Waals surface area contributed by atoms with Gasteiger partial charge in [0.25, 0.3) is 0 Å². The first-order chi connectivity index (χ1) is 17.8. The number of halogens is 4. The van der Waals surface area contributed by atoms with Crippen molar-refractivity contribution in [3.63, 3.8) is 0 Å². The molecule has 1 aliphatic rings. The van der Waals surface area contributed by atoms with Crippen LogP contribution in [0.3, 0.4) is 0 Å². The summed E-state index contributed by atoms with van der Waals surface area (Å²) >= 11 is 5.95. The number of alkyl halides is 3. The van der Waals surface area contributed by atoms with Gasteiger partial charge in [0, 0.05) is 18.1 Å². The molecule has 1 heterocycles. The van der Waals surface area contributed by atoms with Crippen molar-refractivity contribution in [1.29, 1.82) is 0 Å². The van der Waals surface area contributed by atoms with Crippen molar-refractivity contribution in [1.82, 2.24) is 10.2 Å². The molecule has 1 fully saturated rings. The lowest BCUT2D eigenvalue weighted by Crippen LogP contribution is -2.39. The van der Waals surface area contributed by atoms with E-state index in [-0.39, 0.29) is 23.8 Å². The molecule has 3 rings (SSSR count). The van der Waals surface area contributed by atoms with E-state index in [4.69, 9.17) is 16.3 Å². The molecule has 2 amide bonds. The maximum atomic E-state index is 13.2. The molecule has 0 aliphatic carbocycles. The fourth-order valence-electron chi connectivity index (χ4n) is 4.08. The number of ether oxygens (including phenoxy) is 1. The molecular weight excluding hydrogens is 521 g/mol. The van der Waals surface area contributed by atoms with Crippen LogP contribution in [0, 0.1) is 5.92 Å². The van der Waals surface area contributed by atoms with Gasteiger partial charge in [-0.2, -0.15) is 13.2 Å². The van der Waals surface area contributed by atoms with Gasteiger partial charge in [0.15, 0.2) is 0 Å². The van der Waals surface area contributed by atoms with E-state index in [1.807, 2.05) is 24.3 Å². The van der Waals surface area contributed by atoms with Crippen LogP contribution in [-0.2, 0) is 22.3 Å². The van der Waals surface area contributed by atoms with E-state index >= 15 is 0 Å². The summed E-state index contributed by atoms with van der Waals surface area (Å²) in [6.45, 7) is 7.92. The average molecular weight is 555 g/mol. The van der Waals surface area contributed by atoms with Gasteiger partial charge < -0.3 is 15.4 Å². The van der Waals surface area contributed by atoms with Crippen LogP contribution in [-0.4, -0.2) is 48.7 Å². The first-order valence-electron chi connectivity index (χ1n) is 12.5. The van der Waals surface area contributed by atoms with Gasteiger partial charge in [0.1, 0.15) is 5.60 Å². The number of hydrogen-bond acceptors (Lipinski definition) is 5. The number of hydrogen-bond donors (Lipinski definition) is 3. The third kappa shape index (κ3) is 9.72. The maximum absolute atomic E-state index is 13.2. The van der Waals surface area contributed by atoms with E-state index in [0.29, 0.717) is 17.5 Å². The van der Waals surface area contributed by atoms with Crippen LogP contribution in [0.1, 0.15) is 44.7 Å². The fraction of sp³-hybridized carbons (Fsp3) is 0.481. The molecule has 2 aromatic rings. The Morgan fingerprint density at radius 3 is 2.29 bits per heavy atom. The van der Waals surface area contributed by atoms with Crippen molar-refractivity contribution in [2.24, 2.45) is 5.92 Å². The smallest absolute Gasteiger partial charge is 0.416 e. The van der Waals surface area contributed by atoms with Crippen LogP contribution in [0.15, 0.2) is 42.5 Å². The molecule has 0 aromatic heterocycles. The van der Waals surface area contributed by atoms with Crippen molar-refractivity contribution in [2.45, 2.75) is 51.9 Å². The lowest BCUT2D eigenvalue weighted by molar-refractivity contribution is -0.137. The van der Waals surface area contributed by atoms with Gasteiger partial charge >= 0.3 is 12.3 Å². The summed E-state index contributed by atoms with van der Waals surface area (Å²) in [5.41, 5.74) is -0.442. The quantitative estimate of drug-likeness (QED) is 0.365. The molecule has 1 saturated heterocycles. The molecule has 38 heavy (non-hydrogen) atoms. The van der Waals surface area contributed by atoms with Crippen LogP contribution >= 0.6 is 11.6 Å². The molecule has 3 N–H and O–H groups in total. The number of amides is 2. The number of nitrogens with one attached hydrogen (secondary N) is 3. The fourth-order valence-corrected chi connectivity index (χ4v) is 4.21. The molecule has 2 aromatic carbocycles. The van der Waals surface area contributed by atoms with Crippen LogP contribution in [0.25, 0.3) is 0 Å². The summed E-state index contributed by atoms with van der Waals surface area (Å²) < 4.78 is 44.9. The number of anilines is 2. The van der Waals surface area contributed by atoms with E-state index in [0.717, 1.165) is 50.7 Å². The first-order valence-corrected chi connectivity index (χ1v) is 12.8. The average Bonchev–Trinajstić information content (AvgIpc) is 2.82. The predicted molar refractivity (Wildman–Crippen MR) is 142 cm³/mol. The Morgan fingerprint density at radius 1 is 1.03 bits per heavy atom. The Balaban J connectivity index is 1.49. The Morgan fingerprint density at radius 2 is 1.68 bits per heavy atom. The number of piperidine rings is 1. The molecule has 0 spiro atoms. The van der Waals surface area contributed by atoms with Crippen LogP contribution in [0.4, 0.5) is 29.3 Å². The zero-order chi connectivity index (χ0) is 27.9. The minimum absolute atomic E-state index is 0.0312. The molecule has 0 atom stereocenters. The zero-order valence-electron chi connectivity index (χ0n) is 21.8. The second-order valence-corrected chi connectivity index (χ2v) is 10.8.